The van der Waals surface area contributed by atoms with Gasteiger partial charge in [0.15, 0.2) is 0 Å². The van der Waals surface area contributed by atoms with Gasteiger partial charge in [-0.15, -0.1) is 12.4 Å². The maximum absolute atomic E-state index is 12.8. The van der Waals surface area contributed by atoms with E-state index in [-0.39, 0.29) is 24.2 Å². The molecule has 2 aromatic rings. The molecule has 1 fully saturated rings. The van der Waals surface area contributed by atoms with Crippen molar-refractivity contribution in [1.29, 1.82) is 0 Å². The molecule has 1 heterocycles. The smallest absolute Gasteiger partial charge is 0.256 e. The van der Waals surface area contributed by atoms with Crippen LogP contribution in [0.25, 0.3) is 0 Å². The third-order valence-electron chi connectivity index (χ3n) is 5.00. The van der Waals surface area contributed by atoms with Crippen molar-refractivity contribution in [2.45, 2.75) is 25.8 Å². The number of carbonyl (C=O) groups excluding carboxylic acids is 2. The number of benzene rings is 2. The van der Waals surface area contributed by atoms with Crippen LogP contribution in [0.15, 0.2) is 48.5 Å². The van der Waals surface area contributed by atoms with Crippen molar-refractivity contribution in [3.63, 3.8) is 0 Å². The third kappa shape index (κ3) is 5.04. The third-order valence-corrected chi connectivity index (χ3v) is 5.23. The highest BCUT2D eigenvalue weighted by atomic mass is 35.5. The lowest BCUT2D eigenvalue weighted by atomic mass is 9.94. The minimum Gasteiger partial charge on any atom is -0.339 e. The van der Waals surface area contributed by atoms with Gasteiger partial charge in [-0.25, -0.2) is 0 Å². The van der Waals surface area contributed by atoms with Crippen LogP contribution >= 0.6 is 24.0 Å². The van der Waals surface area contributed by atoms with Gasteiger partial charge in [0, 0.05) is 24.2 Å². The summed E-state index contributed by atoms with van der Waals surface area (Å²) in [6.45, 7) is 3.24. The van der Waals surface area contributed by atoms with E-state index in [1.54, 1.807) is 30.0 Å². The predicted octanol–water partition coefficient (Wildman–Crippen LogP) is 4.27. The summed E-state index contributed by atoms with van der Waals surface area (Å²) in [7, 11) is 0. The van der Waals surface area contributed by atoms with Crippen LogP contribution in [-0.4, -0.2) is 29.8 Å². The molecule has 28 heavy (non-hydrogen) atoms. The molecule has 0 radical (unpaired) electrons. The van der Waals surface area contributed by atoms with E-state index >= 15 is 0 Å². The van der Waals surface area contributed by atoms with E-state index in [1.807, 2.05) is 30.3 Å². The van der Waals surface area contributed by atoms with Gasteiger partial charge in [0.25, 0.3) is 5.91 Å². The minimum atomic E-state index is -0.460. The Morgan fingerprint density at radius 2 is 1.75 bits per heavy atom. The average molecular weight is 422 g/mol. The lowest BCUT2D eigenvalue weighted by Crippen LogP contribution is -2.32. The number of likely N-dealkylation sites (tertiary alicyclic amines) is 1. The van der Waals surface area contributed by atoms with Crippen LogP contribution in [0.4, 0.5) is 5.69 Å². The molecule has 2 amide bonds. The van der Waals surface area contributed by atoms with Crippen molar-refractivity contribution in [3.8, 4) is 0 Å². The zero-order valence-electron chi connectivity index (χ0n) is 15.7. The van der Waals surface area contributed by atoms with Gasteiger partial charge >= 0.3 is 0 Å². The summed E-state index contributed by atoms with van der Waals surface area (Å²) in [5.74, 6) is -0.799. The van der Waals surface area contributed by atoms with E-state index in [1.165, 1.54) is 0 Å². The summed E-state index contributed by atoms with van der Waals surface area (Å²) < 4.78 is 0. The highest BCUT2D eigenvalue weighted by Crippen LogP contribution is 2.26. The zero-order valence-corrected chi connectivity index (χ0v) is 17.3. The Hall–Kier alpha value is -2.08. The molecule has 0 saturated carbocycles. The summed E-state index contributed by atoms with van der Waals surface area (Å²) in [6, 6.07) is 14.0. The van der Waals surface area contributed by atoms with Crippen molar-refractivity contribution in [3.05, 3.63) is 64.7 Å². The van der Waals surface area contributed by atoms with Crippen LogP contribution in [0.2, 0.25) is 5.02 Å². The normalized spacial score (nSPS) is 15.5. The van der Waals surface area contributed by atoms with Gasteiger partial charge < -0.3 is 16.0 Å². The first kappa shape index (κ1) is 22.2. The predicted molar refractivity (Wildman–Crippen MR) is 115 cm³/mol. The van der Waals surface area contributed by atoms with Crippen LogP contribution in [-0.2, 0) is 4.79 Å². The minimum absolute atomic E-state index is 0. The van der Waals surface area contributed by atoms with Crippen LogP contribution in [0, 0.1) is 5.92 Å². The number of nitrogens with one attached hydrogen (secondary N) is 1. The molecule has 2 aromatic carbocycles. The summed E-state index contributed by atoms with van der Waals surface area (Å²) in [6.07, 6.45) is 1.99. The maximum Gasteiger partial charge on any atom is 0.256 e. The fourth-order valence-corrected chi connectivity index (χ4v) is 3.44. The summed E-state index contributed by atoms with van der Waals surface area (Å²) in [5.41, 5.74) is 8.03. The topological polar surface area (TPSA) is 75.4 Å². The van der Waals surface area contributed by atoms with Crippen LogP contribution in [0.3, 0.4) is 0 Å². The van der Waals surface area contributed by atoms with Gasteiger partial charge in [0.2, 0.25) is 5.91 Å². The van der Waals surface area contributed by atoms with Gasteiger partial charge in [-0.2, -0.15) is 0 Å². The van der Waals surface area contributed by atoms with Crippen LogP contribution in [0.1, 0.15) is 41.7 Å². The molecular formula is C21H25Cl2N3O2. The number of hydrogen-bond acceptors (Lipinski definition) is 3. The zero-order chi connectivity index (χ0) is 19.4. The van der Waals surface area contributed by atoms with E-state index in [0.29, 0.717) is 16.3 Å². The Kier molecular flexibility index (Phi) is 7.87. The van der Waals surface area contributed by atoms with E-state index in [0.717, 1.165) is 31.5 Å². The molecule has 1 saturated heterocycles. The monoisotopic (exact) mass is 421 g/mol. The lowest BCUT2D eigenvalue weighted by molar-refractivity contribution is -0.120. The molecule has 5 nitrogen and oxygen atoms in total. The van der Waals surface area contributed by atoms with Gasteiger partial charge in [-0.05, 0) is 36.6 Å². The second kappa shape index (κ2) is 9.92. The van der Waals surface area contributed by atoms with E-state index < -0.39 is 12.0 Å². The fourth-order valence-electron chi connectivity index (χ4n) is 3.27. The summed E-state index contributed by atoms with van der Waals surface area (Å²) >= 11 is 6.09. The van der Waals surface area contributed by atoms with E-state index in [2.05, 4.69) is 5.32 Å². The van der Waals surface area contributed by atoms with Crippen molar-refractivity contribution in [2.75, 3.05) is 18.4 Å². The molecule has 3 rings (SSSR count). The number of carbonyl (C=O) groups is 2. The highest BCUT2D eigenvalue weighted by molar-refractivity contribution is 6.31. The van der Waals surface area contributed by atoms with Crippen molar-refractivity contribution >= 4 is 41.5 Å². The first-order chi connectivity index (χ1) is 13.0. The molecule has 0 spiro atoms. The first-order valence-electron chi connectivity index (χ1n) is 9.17. The standard InChI is InChI=1S/C21H24ClN3O2.ClH/c1-14(19(23)15-7-3-2-4-8-15)20(26)24-18-10-9-16(22)13-17(18)21(27)25-11-5-6-12-25;/h2-4,7-10,13-14,19H,5-6,11-12,23H2,1H3,(H,24,26);1H. The van der Waals surface area contributed by atoms with Gasteiger partial charge in [-0.1, -0.05) is 48.9 Å². The molecule has 0 aliphatic carbocycles. The lowest BCUT2D eigenvalue weighted by Gasteiger charge is -2.22. The maximum atomic E-state index is 12.8. The number of nitrogens with two attached hydrogens (primary N) is 1. The number of rotatable bonds is 5. The number of nitrogens with zero attached hydrogens (tertiary/aromatic N) is 1. The second-order valence-electron chi connectivity index (χ2n) is 6.90. The summed E-state index contributed by atoms with van der Waals surface area (Å²) in [5, 5.41) is 3.33. The van der Waals surface area contributed by atoms with Crippen LogP contribution < -0.4 is 11.1 Å². The molecule has 2 atom stereocenters. The average Bonchev–Trinajstić information content (AvgIpc) is 3.23. The molecule has 1 aliphatic heterocycles. The van der Waals surface area contributed by atoms with Crippen LogP contribution in [0.5, 0.6) is 0 Å². The van der Waals surface area contributed by atoms with Crippen molar-refractivity contribution in [1.82, 2.24) is 4.90 Å². The molecule has 2 unspecified atom stereocenters. The molecule has 7 heteroatoms. The quantitative estimate of drug-likeness (QED) is 0.756. The Balaban J connectivity index is 0.00000280. The fraction of sp³-hybridized carbons (Fsp3) is 0.333. The van der Waals surface area contributed by atoms with Crippen molar-refractivity contribution in [2.24, 2.45) is 11.7 Å². The van der Waals surface area contributed by atoms with Gasteiger partial charge in [0.1, 0.15) is 0 Å². The Bertz CT molecular complexity index is 824. The Morgan fingerprint density at radius 1 is 1.11 bits per heavy atom. The number of anilines is 1. The molecule has 1 aliphatic rings. The molecule has 150 valence electrons. The molecular weight excluding hydrogens is 397 g/mol. The van der Waals surface area contributed by atoms with E-state index in [4.69, 9.17) is 17.3 Å². The first-order valence-corrected chi connectivity index (χ1v) is 9.55. The van der Waals surface area contributed by atoms with Gasteiger partial charge in [0.05, 0.1) is 17.2 Å². The number of amides is 2. The second-order valence-corrected chi connectivity index (χ2v) is 7.34. The molecule has 3 N–H and O–H groups in total. The SMILES string of the molecule is CC(C(=O)Nc1ccc(Cl)cc1C(=O)N1CCCC1)C(N)c1ccccc1.Cl. The Labute approximate surface area is 176 Å². The van der Waals surface area contributed by atoms with Crippen molar-refractivity contribution < 1.29 is 9.59 Å². The summed E-state index contributed by atoms with van der Waals surface area (Å²) in [4.78, 5) is 27.4. The highest BCUT2D eigenvalue weighted by Gasteiger charge is 2.26. The Morgan fingerprint density at radius 3 is 2.39 bits per heavy atom. The molecule has 0 aromatic heterocycles. The van der Waals surface area contributed by atoms with Gasteiger partial charge in [-0.3, -0.25) is 9.59 Å². The van der Waals surface area contributed by atoms with E-state index in [9.17, 15) is 9.59 Å². The number of halogens is 2. The molecule has 0 bridgehead atoms. The number of hydrogen-bond donors (Lipinski definition) is 2. The largest absolute Gasteiger partial charge is 0.339 e.